The van der Waals surface area contributed by atoms with Gasteiger partial charge in [-0.05, 0) is 25.0 Å². The van der Waals surface area contributed by atoms with Crippen molar-refractivity contribution in [2.45, 2.75) is 104 Å². The van der Waals surface area contributed by atoms with Gasteiger partial charge >= 0.3 is 0 Å². The molecule has 1 fully saturated rings. The van der Waals surface area contributed by atoms with E-state index in [1.165, 1.54) is 69.9 Å². The Kier molecular flexibility index (Phi) is 13.1. The van der Waals surface area contributed by atoms with Crippen LogP contribution >= 0.6 is 0 Å². The molecule has 0 N–H and O–H groups in total. The number of hydrogen-bond donors (Lipinski definition) is 0. The lowest BCUT2D eigenvalue weighted by molar-refractivity contribution is -0.207. The van der Waals surface area contributed by atoms with E-state index in [-0.39, 0.29) is 11.3 Å². The van der Waals surface area contributed by atoms with Crippen LogP contribution in [0.4, 0.5) is 8.78 Å². The fourth-order valence-corrected chi connectivity index (χ4v) is 4.01. The van der Waals surface area contributed by atoms with Gasteiger partial charge in [0.1, 0.15) is 0 Å². The van der Waals surface area contributed by atoms with Gasteiger partial charge in [-0.15, -0.1) is 0 Å². The number of rotatable bonds is 16. The summed E-state index contributed by atoms with van der Waals surface area (Å²) in [6, 6.07) is 3.00. The van der Waals surface area contributed by atoms with Gasteiger partial charge in [0, 0.05) is 11.5 Å². The van der Waals surface area contributed by atoms with E-state index in [1.807, 2.05) is 0 Å². The summed E-state index contributed by atoms with van der Waals surface area (Å²) in [5.74, 6) is -1.60. The Morgan fingerprint density at radius 2 is 1.35 bits per heavy atom. The molecule has 1 aromatic rings. The molecule has 178 valence electrons. The van der Waals surface area contributed by atoms with Gasteiger partial charge in [-0.25, -0.2) is 4.39 Å². The second-order valence-corrected chi connectivity index (χ2v) is 8.82. The highest BCUT2D eigenvalue weighted by molar-refractivity contribution is 5.32. The van der Waals surface area contributed by atoms with E-state index in [4.69, 9.17) is 14.2 Å². The van der Waals surface area contributed by atoms with E-state index in [9.17, 15) is 8.78 Å². The maximum absolute atomic E-state index is 14.6. The Balaban J connectivity index is 1.69. The summed E-state index contributed by atoms with van der Waals surface area (Å²) in [5.41, 5.74) is 0.113. The maximum Gasteiger partial charge on any atom is 0.201 e. The van der Waals surface area contributed by atoms with Gasteiger partial charge in [-0.2, -0.15) is 4.39 Å². The molecule has 0 radical (unpaired) electrons. The molecule has 0 saturated carbocycles. The summed E-state index contributed by atoms with van der Waals surface area (Å²) in [6.45, 7) is 5.84. The topological polar surface area (TPSA) is 27.7 Å². The molecule has 0 aromatic heterocycles. The van der Waals surface area contributed by atoms with Gasteiger partial charge in [0.25, 0.3) is 0 Å². The van der Waals surface area contributed by atoms with Gasteiger partial charge in [0.2, 0.25) is 5.82 Å². The third-order valence-electron chi connectivity index (χ3n) is 6.02. The molecule has 0 bridgehead atoms. The molecule has 0 atom stereocenters. The van der Waals surface area contributed by atoms with Crippen molar-refractivity contribution in [3.8, 4) is 5.75 Å². The largest absolute Gasteiger partial charge is 0.490 e. The lowest BCUT2D eigenvalue weighted by atomic mass is 10.0. The first kappa shape index (κ1) is 26.1. The Labute approximate surface area is 187 Å². The van der Waals surface area contributed by atoms with Crippen LogP contribution in [0.5, 0.6) is 5.75 Å². The standard InChI is InChI=1S/C26H42F2O3/c1-3-5-7-9-10-11-13-15-21-19-30-26(31-20-21)22-16-17-23(25(28)24(22)27)29-18-14-12-8-6-4-2/h16-17,21,26H,3-15,18-20H2,1-2H3. The first-order chi connectivity index (χ1) is 15.2. The normalized spacial score (nSPS) is 19.0. The van der Waals surface area contributed by atoms with Gasteiger partial charge in [0.15, 0.2) is 17.9 Å². The zero-order chi connectivity index (χ0) is 22.3. The summed E-state index contributed by atoms with van der Waals surface area (Å²) in [7, 11) is 0. The van der Waals surface area contributed by atoms with Gasteiger partial charge in [-0.1, -0.05) is 84.5 Å². The lowest BCUT2D eigenvalue weighted by Gasteiger charge is -2.30. The molecule has 1 saturated heterocycles. The van der Waals surface area contributed by atoms with Gasteiger partial charge in [-0.3, -0.25) is 0 Å². The lowest BCUT2D eigenvalue weighted by Crippen LogP contribution is -2.27. The number of hydrogen-bond acceptors (Lipinski definition) is 3. The minimum atomic E-state index is -0.955. The van der Waals surface area contributed by atoms with Crippen molar-refractivity contribution in [1.82, 2.24) is 0 Å². The van der Waals surface area contributed by atoms with Crippen molar-refractivity contribution in [2.24, 2.45) is 5.92 Å². The Bertz CT molecular complexity index is 601. The molecule has 31 heavy (non-hydrogen) atoms. The minimum Gasteiger partial charge on any atom is -0.490 e. The molecule has 0 aliphatic carbocycles. The highest BCUT2D eigenvalue weighted by atomic mass is 19.2. The predicted molar refractivity (Wildman–Crippen MR) is 121 cm³/mol. The fraction of sp³-hybridized carbons (Fsp3) is 0.769. The summed E-state index contributed by atoms with van der Waals surface area (Å²) >= 11 is 0. The SMILES string of the molecule is CCCCCCCCCC1COC(c2ccc(OCCCCCCC)c(F)c2F)OC1. The molecule has 0 amide bonds. The number of halogens is 2. The smallest absolute Gasteiger partial charge is 0.201 e. The first-order valence-corrected chi connectivity index (χ1v) is 12.5. The molecule has 2 rings (SSSR count). The maximum atomic E-state index is 14.6. The van der Waals surface area contributed by atoms with E-state index < -0.39 is 17.9 Å². The van der Waals surface area contributed by atoms with Crippen LogP contribution in [0.15, 0.2) is 12.1 Å². The van der Waals surface area contributed by atoms with Gasteiger partial charge in [0.05, 0.1) is 19.8 Å². The summed E-state index contributed by atoms with van der Waals surface area (Å²) < 4.78 is 45.9. The molecular formula is C26H42F2O3. The highest BCUT2D eigenvalue weighted by Crippen LogP contribution is 2.32. The van der Waals surface area contributed by atoms with E-state index in [1.54, 1.807) is 0 Å². The summed E-state index contributed by atoms with van der Waals surface area (Å²) in [4.78, 5) is 0. The van der Waals surface area contributed by atoms with Crippen molar-refractivity contribution < 1.29 is 23.0 Å². The Morgan fingerprint density at radius 1 is 0.774 bits per heavy atom. The van der Waals surface area contributed by atoms with E-state index in [2.05, 4.69) is 13.8 Å². The first-order valence-electron chi connectivity index (χ1n) is 12.5. The van der Waals surface area contributed by atoms with E-state index >= 15 is 0 Å². The second-order valence-electron chi connectivity index (χ2n) is 8.82. The summed E-state index contributed by atoms with van der Waals surface area (Å²) in [6.07, 6.45) is 14.6. The predicted octanol–water partition coefficient (Wildman–Crippen LogP) is 8.12. The van der Waals surface area contributed by atoms with Crippen LogP contribution < -0.4 is 4.74 Å². The zero-order valence-electron chi connectivity index (χ0n) is 19.6. The second kappa shape index (κ2) is 15.6. The van der Waals surface area contributed by atoms with Crippen LogP contribution in [-0.2, 0) is 9.47 Å². The van der Waals surface area contributed by atoms with Crippen LogP contribution in [0.2, 0.25) is 0 Å². The molecule has 1 heterocycles. The third kappa shape index (κ3) is 9.44. The molecular weight excluding hydrogens is 398 g/mol. The molecule has 0 unspecified atom stereocenters. The number of unbranched alkanes of at least 4 members (excludes halogenated alkanes) is 10. The van der Waals surface area contributed by atoms with E-state index in [0.717, 1.165) is 25.7 Å². The molecule has 0 spiro atoms. The summed E-state index contributed by atoms with van der Waals surface area (Å²) in [5, 5.41) is 0. The molecule has 1 aliphatic heterocycles. The average Bonchev–Trinajstić information content (AvgIpc) is 2.79. The van der Waals surface area contributed by atoms with Crippen LogP contribution in [0, 0.1) is 17.6 Å². The van der Waals surface area contributed by atoms with Gasteiger partial charge < -0.3 is 14.2 Å². The van der Waals surface area contributed by atoms with Crippen molar-refractivity contribution in [3.63, 3.8) is 0 Å². The number of benzene rings is 1. The monoisotopic (exact) mass is 440 g/mol. The van der Waals surface area contributed by atoms with Crippen molar-refractivity contribution in [2.75, 3.05) is 19.8 Å². The van der Waals surface area contributed by atoms with Crippen LogP contribution in [0.1, 0.15) is 109 Å². The Hall–Kier alpha value is -1.20. The Morgan fingerprint density at radius 3 is 2.00 bits per heavy atom. The molecule has 1 aromatic carbocycles. The zero-order valence-corrected chi connectivity index (χ0v) is 19.6. The molecule has 5 heteroatoms. The molecule has 3 nitrogen and oxygen atoms in total. The minimum absolute atomic E-state index is 0.0376. The van der Waals surface area contributed by atoms with E-state index in [0.29, 0.717) is 25.7 Å². The van der Waals surface area contributed by atoms with Crippen molar-refractivity contribution in [1.29, 1.82) is 0 Å². The van der Waals surface area contributed by atoms with Crippen LogP contribution in [-0.4, -0.2) is 19.8 Å². The van der Waals surface area contributed by atoms with Crippen molar-refractivity contribution >= 4 is 0 Å². The number of ether oxygens (including phenoxy) is 3. The molecule has 1 aliphatic rings. The third-order valence-corrected chi connectivity index (χ3v) is 6.02. The van der Waals surface area contributed by atoms with Crippen molar-refractivity contribution in [3.05, 3.63) is 29.3 Å². The fourth-order valence-electron chi connectivity index (χ4n) is 4.01. The quantitative estimate of drug-likeness (QED) is 0.243. The van der Waals surface area contributed by atoms with Crippen LogP contribution in [0.3, 0.4) is 0 Å². The average molecular weight is 441 g/mol. The highest BCUT2D eigenvalue weighted by Gasteiger charge is 2.28. The van der Waals surface area contributed by atoms with Crippen LogP contribution in [0.25, 0.3) is 0 Å².